The molecule has 0 bridgehead atoms. The van der Waals surface area contributed by atoms with Crippen molar-refractivity contribution >= 4 is 0 Å². The van der Waals surface area contributed by atoms with Gasteiger partial charge in [0.25, 0.3) is 0 Å². The Bertz CT molecular complexity index is 334. The molecule has 1 saturated carbocycles. The zero-order chi connectivity index (χ0) is 12.1. The number of nitrogens with zero attached hydrogens (tertiary/aromatic N) is 3. The highest BCUT2D eigenvalue weighted by Crippen LogP contribution is 2.31. The van der Waals surface area contributed by atoms with E-state index in [-0.39, 0.29) is 0 Å². The first-order chi connectivity index (χ1) is 8.29. The second-order valence-electron chi connectivity index (χ2n) is 5.24. The minimum Gasteiger partial charge on any atom is -0.310 e. The fourth-order valence-electron chi connectivity index (χ4n) is 2.59. The molecule has 2 rings (SSSR count). The maximum absolute atomic E-state index is 4.58. The first-order valence-corrected chi connectivity index (χ1v) is 6.90. The van der Waals surface area contributed by atoms with E-state index in [1.807, 2.05) is 6.33 Å². The molecule has 4 heteroatoms. The highest BCUT2D eigenvalue weighted by Gasteiger charge is 2.21. The molecule has 1 aliphatic carbocycles. The fraction of sp³-hybridized carbons (Fsp3) is 0.846. The van der Waals surface area contributed by atoms with Gasteiger partial charge in [-0.25, -0.2) is 9.67 Å². The van der Waals surface area contributed by atoms with Crippen molar-refractivity contribution in [2.45, 2.75) is 58.5 Å². The second kappa shape index (κ2) is 6.15. The Morgan fingerprint density at radius 2 is 2.35 bits per heavy atom. The lowest BCUT2D eigenvalue weighted by molar-refractivity contribution is 0.265. The van der Waals surface area contributed by atoms with E-state index in [1.54, 1.807) is 0 Å². The third-order valence-electron chi connectivity index (χ3n) is 3.55. The van der Waals surface area contributed by atoms with Gasteiger partial charge >= 0.3 is 0 Å². The lowest BCUT2D eigenvalue weighted by Gasteiger charge is -2.26. The Balaban J connectivity index is 1.88. The molecule has 1 aliphatic rings. The molecule has 1 N–H and O–H groups in total. The summed E-state index contributed by atoms with van der Waals surface area (Å²) in [5.74, 6) is 1.76. The molecular formula is C13H24N4. The number of hydrogen-bond donors (Lipinski definition) is 1. The number of aromatic nitrogens is 3. The molecule has 2 unspecified atom stereocenters. The average molecular weight is 236 g/mol. The van der Waals surface area contributed by atoms with E-state index in [1.165, 1.54) is 25.7 Å². The first kappa shape index (κ1) is 12.6. The van der Waals surface area contributed by atoms with E-state index >= 15 is 0 Å². The van der Waals surface area contributed by atoms with Crippen molar-refractivity contribution in [1.29, 1.82) is 0 Å². The predicted molar refractivity (Wildman–Crippen MR) is 68.7 cm³/mol. The molecule has 1 heterocycles. The van der Waals surface area contributed by atoms with Crippen LogP contribution >= 0.6 is 0 Å². The number of nitrogens with one attached hydrogen (secondary N) is 1. The Kier molecular flexibility index (Phi) is 4.54. The number of hydrogen-bond acceptors (Lipinski definition) is 3. The summed E-state index contributed by atoms with van der Waals surface area (Å²) in [6.45, 7) is 6.34. The molecule has 2 atom stereocenters. The van der Waals surface area contributed by atoms with Gasteiger partial charge in [0, 0.05) is 0 Å². The lowest BCUT2D eigenvalue weighted by Crippen LogP contribution is -2.19. The molecule has 1 fully saturated rings. The van der Waals surface area contributed by atoms with Gasteiger partial charge < -0.3 is 5.32 Å². The minimum atomic E-state index is 0.575. The van der Waals surface area contributed by atoms with Gasteiger partial charge in [-0.2, -0.15) is 5.10 Å². The lowest BCUT2D eigenvalue weighted by atomic mass is 9.87. The molecule has 4 nitrogen and oxygen atoms in total. The molecule has 17 heavy (non-hydrogen) atoms. The molecule has 0 saturated heterocycles. The standard InChI is InChI=1S/C13H24N4/c1-3-7-14-9-13-15-10-17(16-13)12-6-4-5-11(2)8-12/h10-12,14H,3-9H2,1-2H3. The Morgan fingerprint density at radius 3 is 3.12 bits per heavy atom. The molecular weight excluding hydrogens is 212 g/mol. The molecule has 96 valence electrons. The van der Waals surface area contributed by atoms with Gasteiger partial charge in [-0.05, 0) is 31.7 Å². The topological polar surface area (TPSA) is 42.7 Å². The van der Waals surface area contributed by atoms with E-state index in [4.69, 9.17) is 0 Å². The average Bonchev–Trinajstić information content (AvgIpc) is 2.78. The van der Waals surface area contributed by atoms with Crippen LogP contribution in [-0.4, -0.2) is 21.3 Å². The van der Waals surface area contributed by atoms with Gasteiger partial charge in [0.05, 0.1) is 12.6 Å². The summed E-state index contributed by atoms with van der Waals surface area (Å²) in [6.07, 6.45) is 8.28. The van der Waals surface area contributed by atoms with E-state index in [0.29, 0.717) is 6.04 Å². The molecule has 0 spiro atoms. The van der Waals surface area contributed by atoms with Crippen molar-refractivity contribution in [1.82, 2.24) is 20.1 Å². The minimum absolute atomic E-state index is 0.575. The predicted octanol–water partition coefficient (Wildman–Crippen LogP) is 2.53. The van der Waals surface area contributed by atoms with Crippen LogP contribution in [-0.2, 0) is 6.54 Å². The van der Waals surface area contributed by atoms with Gasteiger partial charge in [0.15, 0.2) is 5.82 Å². The summed E-state index contributed by atoms with van der Waals surface area (Å²) < 4.78 is 2.08. The van der Waals surface area contributed by atoms with Crippen LogP contribution in [0.15, 0.2) is 6.33 Å². The van der Waals surface area contributed by atoms with Crippen molar-refractivity contribution in [3.63, 3.8) is 0 Å². The molecule has 1 aromatic rings. The van der Waals surface area contributed by atoms with Crippen LogP contribution in [0.3, 0.4) is 0 Å². The van der Waals surface area contributed by atoms with Gasteiger partial charge in [-0.15, -0.1) is 0 Å². The van der Waals surface area contributed by atoms with Crippen LogP contribution in [0.5, 0.6) is 0 Å². The van der Waals surface area contributed by atoms with E-state index in [2.05, 4.69) is 33.9 Å². The quantitative estimate of drug-likeness (QED) is 0.799. The maximum Gasteiger partial charge on any atom is 0.164 e. The molecule has 0 amide bonds. The third-order valence-corrected chi connectivity index (χ3v) is 3.55. The van der Waals surface area contributed by atoms with E-state index in [9.17, 15) is 0 Å². The Morgan fingerprint density at radius 1 is 1.47 bits per heavy atom. The summed E-state index contributed by atoms with van der Waals surface area (Å²) in [5.41, 5.74) is 0. The van der Waals surface area contributed by atoms with Crippen LogP contribution < -0.4 is 5.32 Å². The Hall–Kier alpha value is -0.900. The normalized spacial score (nSPS) is 25.1. The Labute approximate surface area is 104 Å². The third kappa shape index (κ3) is 3.53. The SMILES string of the molecule is CCCNCc1ncn(C2CCCC(C)C2)n1. The van der Waals surface area contributed by atoms with Crippen molar-refractivity contribution in [2.75, 3.05) is 6.54 Å². The van der Waals surface area contributed by atoms with Crippen LogP contribution in [0.2, 0.25) is 0 Å². The molecule has 1 aromatic heterocycles. The van der Waals surface area contributed by atoms with Crippen LogP contribution in [0, 0.1) is 5.92 Å². The van der Waals surface area contributed by atoms with Gasteiger partial charge in [0.1, 0.15) is 6.33 Å². The summed E-state index contributed by atoms with van der Waals surface area (Å²) in [6, 6.07) is 0.575. The zero-order valence-electron chi connectivity index (χ0n) is 11.0. The monoisotopic (exact) mass is 236 g/mol. The maximum atomic E-state index is 4.58. The fourth-order valence-corrected chi connectivity index (χ4v) is 2.59. The van der Waals surface area contributed by atoms with Gasteiger partial charge in [0.2, 0.25) is 0 Å². The molecule has 0 aliphatic heterocycles. The highest BCUT2D eigenvalue weighted by atomic mass is 15.3. The van der Waals surface area contributed by atoms with Crippen molar-refractivity contribution < 1.29 is 0 Å². The number of rotatable bonds is 5. The van der Waals surface area contributed by atoms with Gasteiger partial charge in [-0.1, -0.05) is 26.7 Å². The summed E-state index contributed by atoms with van der Waals surface area (Å²) in [4.78, 5) is 4.38. The van der Waals surface area contributed by atoms with Crippen molar-refractivity contribution in [2.24, 2.45) is 5.92 Å². The largest absolute Gasteiger partial charge is 0.310 e. The van der Waals surface area contributed by atoms with Crippen LogP contribution in [0.4, 0.5) is 0 Å². The smallest absolute Gasteiger partial charge is 0.164 e. The zero-order valence-corrected chi connectivity index (χ0v) is 11.0. The summed E-state index contributed by atoms with van der Waals surface area (Å²) in [7, 11) is 0. The summed E-state index contributed by atoms with van der Waals surface area (Å²) in [5, 5.41) is 7.92. The summed E-state index contributed by atoms with van der Waals surface area (Å²) >= 11 is 0. The second-order valence-corrected chi connectivity index (χ2v) is 5.24. The van der Waals surface area contributed by atoms with Gasteiger partial charge in [-0.3, -0.25) is 0 Å². The van der Waals surface area contributed by atoms with Crippen molar-refractivity contribution in [3.8, 4) is 0 Å². The molecule has 0 radical (unpaired) electrons. The van der Waals surface area contributed by atoms with Crippen molar-refractivity contribution in [3.05, 3.63) is 12.2 Å². The van der Waals surface area contributed by atoms with E-state index < -0.39 is 0 Å². The van der Waals surface area contributed by atoms with Crippen LogP contribution in [0.25, 0.3) is 0 Å². The van der Waals surface area contributed by atoms with E-state index in [0.717, 1.165) is 31.3 Å². The molecule has 0 aromatic carbocycles. The highest BCUT2D eigenvalue weighted by molar-refractivity contribution is 4.84. The van der Waals surface area contributed by atoms with Crippen LogP contribution in [0.1, 0.15) is 57.8 Å². The first-order valence-electron chi connectivity index (χ1n) is 6.90.